The van der Waals surface area contributed by atoms with Gasteiger partial charge in [0.05, 0.1) is 16.0 Å². The molecule has 0 radical (unpaired) electrons. The van der Waals surface area contributed by atoms with Crippen molar-refractivity contribution in [2.24, 2.45) is 5.92 Å². The van der Waals surface area contributed by atoms with Crippen molar-refractivity contribution in [2.45, 2.75) is 25.0 Å². The fraction of sp³-hybridized carbons (Fsp3) is 0.600. The van der Waals surface area contributed by atoms with Gasteiger partial charge in [0.1, 0.15) is 6.10 Å². The standard InChI is InChI=1S/C10H13ClO2S/c1-13-9(6-2-3-6)8(12)10-7(11)4-5-14-10/h4-6,8-9,12H,2-3H2,1H3. The van der Waals surface area contributed by atoms with E-state index in [0.29, 0.717) is 10.9 Å². The van der Waals surface area contributed by atoms with Gasteiger partial charge < -0.3 is 9.84 Å². The van der Waals surface area contributed by atoms with Crippen LogP contribution in [-0.2, 0) is 4.74 Å². The number of thiophene rings is 1. The van der Waals surface area contributed by atoms with Crippen molar-refractivity contribution in [2.75, 3.05) is 7.11 Å². The predicted molar refractivity (Wildman–Crippen MR) is 57.8 cm³/mol. The van der Waals surface area contributed by atoms with Crippen LogP contribution in [0.3, 0.4) is 0 Å². The first-order valence-corrected chi connectivity index (χ1v) is 5.93. The minimum atomic E-state index is -0.569. The highest BCUT2D eigenvalue weighted by Gasteiger charge is 2.37. The molecule has 2 rings (SSSR count). The van der Waals surface area contributed by atoms with Crippen molar-refractivity contribution in [3.8, 4) is 0 Å². The lowest BCUT2D eigenvalue weighted by molar-refractivity contribution is -0.0242. The van der Waals surface area contributed by atoms with Crippen LogP contribution in [0.5, 0.6) is 0 Å². The molecule has 1 aromatic heterocycles. The summed E-state index contributed by atoms with van der Waals surface area (Å²) in [4.78, 5) is 0.824. The van der Waals surface area contributed by atoms with Crippen molar-refractivity contribution < 1.29 is 9.84 Å². The van der Waals surface area contributed by atoms with Crippen LogP contribution in [0.4, 0.5) is 0 Å². The molecule has 1 aromatic rings. The van der Waals surface area contributed by atoms with Crippen molar-refractivity contribution in [3.05, 3.63) is 21.3 Å². The van der Waals surface area contributed by atoms with Crippen LogP contribution < -0.4 is 0 Å². The molecule has 0 spiro atoms. The number of halogens is 1. The molecule has 0 aliphatic heterocycles. The van der Waals surface area contributed by atoms with Crippen LogP contribution in [-0.4, -0.2) is 18.3 Å². The molecule has 1 aliphatic rings. The van der Waals surface area contributed by atoms with Crippen LogP contribution in [0.2, 0.25) is 5.02 Å². The van der Waals surface area contributed by atoms with Gasteiger partial charge in [-0.05, 0) is 30.2 Å². The molecule has 0 amide bonds. The molecule has 78 valence electrons. The summed E-state index contributed by atoms with van der Waals surface area (Å²) in [5.74, 6) is 0.508. The normalized spacial score (nSPS) is 20.8. The van der Waals surface area contributed by atoms with Crippen molar-refractivity contribution in [3.63, 3.8) is 0 Å². The molecular formula is C10H13ClO2S. The summed E-state index contributed by atoms with van der Waals surface area (Å²) in [7, 11) is 1.65. The molecule has 1 fully saturated rings. The maximum absolute atomic E-state index is 10.1. The lowest BCUT2D eigenvalue weighted by Crippen LogP contribution is -2.22. The number of aliphatic hydroxyl groups is 1. The minimum Gasteiger partial charge on any atom is -0.385 e. The summed E-state index contributed by atoms with van der Waals surface area (Å²) in [5, 5.41) is 12.6. The van der Waals surface area contributed by atoms with Crippen LogP contribution in [0.25, 0.3) is 0 Å². The molecule has 1 N–H and O–H groups in total. The van der Waals surface area contributed by atoms with Gasteiger partial charge in [-0.3, -0.25) is 0 Å². The van der Waals surface area contributed by atoms with Gasteiger partial charge >= 0.3 is 0 Å². The van der Waals surface area contributed by atoms with Gasteiger partial charge in [-0.25, -0.2) is 0 Å². The molecule has 2 unspecified atom stereocenters. The van der Waals surface area contributed by atoms with Crippen molar-refractivity contribution >= 4 is 22.9 Å². The van der Waals surface area contributed by atoms with Gasteiger partial charge in [0, 0.05) is 7.11 Å². The van der Waals surface area contributed by atoms with E-state index in [4.69, 9.17) is 16.3 Å². The first-order chi connectivity index (χ1) is 6.74. The second-order valence-corrected chi connectivity index (χ2v) is 4.97. The summed E-state index contributed by atoms with van der Waals surface area (Å²) in [6.07, 6.45) is 1.64. The van der Waals surface area contributed by atoms with E-state index in [1.54, 1.807) is 7.11 Å². The predicted octanol–water partition coefficient (Wildman–Crippen LogP) is 2.86. The number of rotatable bonds is 4. The first kappa shape index (κ1) is 10.4. The van der Waals surface area contributed by atoms with Crippen molar-refractivity contribution in [1.82, 2.24) is 0 Å². The molecule has 14 heavy (non-hydrogen) atoms. The monoisotopic (exact) mass is 232 g/mol. The van der Waals surface area contributed by atoms with Gasteiger partial charge in [0.15, 0.2) is 0 Å². The van der Waals surface area contributed by atoms with Gasteiger partial charge in [0.2, 0.25) is 0 Å². The Labute approximate surface area is 92.5 Å². The van der Waals surface area contributed by atoms with E-state index < -0.39 is 6.10 Å². The fourth-order valence-electron chi connectivity index (χ4n) is 1.67. The zero-order valence-electron chi connectivity index (χ0n) is 7.94. The van der Waals surface area contributed by atoms with E-state index >= 15 is 0 Å². The third-order valence-corrected chi connectivity index (χ3v) is 4.01. The van der Waals surface area contributed by atoms with Crippen LogP contribution in [0, 0.1) is 5.92 Å². The lowest BCUT2D eigenvalue weighted by atomic mass is 10.1. The van der Waals surface area contributed by atoms with Gasteiger partial charge in [-0.2, -0.15) is 0 Å². The van der Waals surface area contributed by atoms with E-state index in [1.807, 2.05) is 11.4 Å². The van der Waals surface area contributed by atoms with Gasteiger partial charge in [-0.15, -0.1) is 11.3 Å². The second-order valence-electron chi connectivity index (χ2n) is 3.62. The molecule has 1 aliphatic carbocycles. The Balaban J connectivity index is 2.13. The molecule has 4 heteroatoms. The highest BCUT2D eigenvalue weighted by molar-refractivity contribution is 7.10. The zero-order valence-corrected chi connectivity index (χ0v) is 9.52. The Morgan fingerprint density at radius 1 is 1.64 bits per heavy atom. The van der Waals surface area contributed by atoms with E-state index in [0.717, 1.165) is 17.7 Å². The lowest BCUT2D eigenvalue weighted by Gasteiger charge is -2.20. The third-order valence-electron chi connectivity index (χ3n) is 2.58. The summed E-state index contributed by atoms with van der Waals surface area (Å²) in [6.45, 7) is 0. The van der Waals surface area contributed by atoms with E-state index in [2.05, 4.69) is 0 Å². The van der Waals surface area contributed by atoms with E-state index in [1.165, 1.54) is 11.3 Å². The molecule has 1 saturated carbocycles. The molecule has 0 bridgehead atoms. The number of methoxy groups -OCH3 is 1. The quantitative estimate of drug-likeness (QED) is 0.865. The average Bonchev–Trinajstić information content (AvgIpc) is 2.90. The Hall–Kier alpha value is -0.0900. The summed E-state index contributed by atoms with van der Waals surface area (Å²) >= 11 is 7.44. The Bertz CT molecular complexity index is 309. The number of ether oxygens (including phenoxy) is 1. The fourth-order valence-corrected chi connectivity index (χ4v) is 2.86. The largest absolute Gasteiger partial charge is 0.385 e. The Kier molecular flexibility index (Phi) is 3.12. The van der Waals surface area contributed by atoms with Gasteiger partial charge in [0.25, 0.3) is 0 Å². The second kappa shape index (κ2) is 4.19. The van der Waals surface area contributed by atoms with Gasteiger partial charge in [-0.1, -0.05) is 11.6 Å². The molecule has 1 heterocycles. The summed E-state index contributed by atoms with van der Waals surface area (Å²) in [5.41, 5.74) is 0. The smallest absolute Gasteiger partial charge is 0.116 e. The van der Waals surface area contributed by atoms with Crippen LogP contribution in [0.15, 0.2) is 11.4 Å². The number of aliphatic hydroxyl groups excluding tert-OH is 1. The number of hydrogen-bond donors (Lipinski definition) is 1. The highest BCUT2D eigenvalue weighted by atomic mass is 35.5. The zero-order chi connectivity index (χ0) is 10.1. The van der Waals surface area contributed by atoms with Crippen molar-refractivity contribution in [1.29, 1.82) is 0 Å². The van der Waals surface area contributed by atoms with E-state index in [-0.39, 0.29) is 6.10 Å². The summed E-state index contributed by atoms with van der Waals surface area (Å²) in [6, 6.07) is 1.81. The molecule has 0 aromatic carbocycles. The average molecular weight is 233 g/mol. The third kappa shape index (κ3) is 1.96. The maximum atomic E-state index is 10.1. The minimum absolute atomic E-state index is 0.0915. The molecule has 2 nitrogen and oxygen atoms in total. The number of hydrogen-bond acceptors (Lipinski definition) is 3. The van der Waals surface area contributed by atoms with E-state index in [9.17, 15) is 5.11 Å². The molecule has 0 saturated heterocycles. The first-order valence-electron chi connectivity index (χ1n) is 4.67. The summed E-state index contributed by atoms with van der Waals surface area (Å²) < 4.78 is 5.31. The van der Waals surface area contributed by atoms with Crippen LogP contribution >= 0.6 is 22.9 Å². The highest BCUT2D eigenvalue weighted by Crippen LogP contribution is 2.42. The SMILES string of the molecule is COC(C1CC1)C(O)c1sccc1Cl. The Morgan fingerprint density at radius 2 is 2.36 bits per heavy atom. The maximum Gasteiger partial charge on any atom is 0.116 e. The van der Waals surface area contributed by atoms with Crippen LogP contribution in [0.1, 0.15) is 23.8 Å². The Morgan fingerprint density at radius 3 is 2.79 bits per heavy atom. The topological polar surface area (TPSA) is 29.5 Å². The molecular weight excluding hydrogens is 220 g/mol. The molecule has 2 atom stereocenters.